The number of likely N-dealkylation sites (tertiary alicyclic amines) is 1. The quantitative estimate of drug-likeness (QED) is 0.745. The van der Waals surface area contributed by atoms with E-state index in [-0.39, 0.29) is 0 Å². The molecule has 4 nitrogen and oxygen atoms in total. The summed E-state index contributed by atoms with van der Waals surface area (Å²) in [6.45, 7) is 9.92. The van der Waals surface area contributed by atoms with Gasteiger partial charge in [-0.05, 0) is 64.2 Å². The van der Waals surface area contributed by atoms with E-state index < -0.39 is 11.5 Å². The van der Waals surface area contributed by atoms with Crippen LogP contribution in [0, 0.1) is 5.41 Å². The van der Waals surface area contributed by atoms with E-state index in [4.69, 9.17) is 0 Å². The Kier molecular flexibility index (Phi) is 5.81. The van der Waals surface area contributed by atoms with Crippen molar-refractivity contribution >= 4 is 5.97 Å². The molecule has 1 saturated heterocycles. The number of hydrogen-bond donors (Lipinski definition) is 2. The molecule has 1 rings (SSSR count). The molecule has 1 aliphatic heterocycles. The summed E-state index contributed by atoms with van der Waals surface area (Å²) in [6, 6.07) is 0. The topological polar surface area (TPSA) is 52.6 Å². The minimum Gasteiger partial charge on any atom is -0.480 e. The SMILES string of the molecule is CCC(CCCN1CCC(C)(C)CC1)(NC)C(=O)O. The summed E-state index contributed by atoms with van der Waals surface area (Å²) < 4.78 is 0. The number of hydrogen-bond acceptors (Lipinski definition) is 3. The predicted molar refractivity (Wildman–Crippen MR) is 78.4 cm³/mol. The fourth-order valence-corrected chi connectivity index (χ4v) is 2.83. The summed E-state index contributed by atoms with van der Waals surface area (Å²) in [4.78, 5) is 13.9. The summed E-state index contributed by atoms with van der Waals surface area (Å²) >= 11 is 0. The maximum Gasteiger partial charge on any atom is 0.323 e. The zero-order valence-corrected chi connectivity index (χ0v) is 13.0. The lowest BCUT2D eigenvalue weighted by molar-refractivity contribution is -0.145. The van der Waals surface area contributed by atoms with E-state index in [1.807, 2.05) is 6.92 Å². The second kappa shape index (κ2) is 6.71. The fourth-order valence-electron chi connectivity index (χ4n) is 2.83. The molecule has 19 heavy (non-hydrogen) atoms. The molecule has 0 amide bonds. The number of carboxylic acids is 1. The minimum absolute atomic E-state index is 0.482. The van der Waals surface area contributed by atoms with Gasteiger partial charge in [0.1, 0.15) is 5.54 Å². The standard InChI is InChI=1S/C15H30N2O2/c1-5-15(16-4,13(18)19)7-6-10-17-11-8-14(2,3)9-12-17/h16H,5-12H2,1-4H3,(H,18,19). The van der Waals surface area contributed by atoms with E-state index in [9.17, 15) is 9.90 Å². The first-order valence-electron chi connectivity index (χ1n) is 7.50. The molecular formula is C15H30N2O2. The molecule has 0 aromatic heterocycles. The number of carboxylic acid groups (broad SMARTS) is 1. The van der Waals surface area contributed by atoms with Crippen LogP contribution in [-0.2, 0) is 4.79 Å². The van der Waals surface area contributed by atoms with Crippen molar-refractivity contribution in [3.05, 3.63) is 0 Å². The number of aliphatic carboxylic acids is 1. The van der Waals surface area contributed by atoms with Crippen molar-refractivity contribution in [2.24, 2.45) is 5.41 Å². The molecule has 2 N–H and O–H groups in total. The van der Waals surface area contributed by atoms with Gasteiger partial charge in [0, 0.05) is 0 Å². The van der Waals surface area contributed by atoms with Crippen LogP contribution in [-0.4, -0.2) is 48.2 Å². The first-order valence-corrected chi connectivity index (χ1v) is 7.50. The van der Waals surface area contributed by atoms with E-state index in [2.05, 4.69) is 24.1 Å². The maximum absolute atomic E-state index is 11.4. The molecule has 4 heteroatoms. The summed E-state index contributed by atoms with van der Waals surface area (Å²) in [5, 5.41) is 12.4. The maximum atomic E-state index is 11.4. The van der Waals surface area contributed by atoms with Gasteiger partial charge in [-0.25, -0.2) is 0 Å². The third-order valence-corrected chi connectivity index (χ3v) is 4.78. The Labute approximate surface area is 117 Å². The molecule has 1 heterocycles. The number of piperidine rings is 1. The van der Waals surface area contributed by atoms with Crippen molar-refractivity contribution in [3.8, 4) is 0 Å². The Bertz CT molecular complexity index is 289. The molecule has 112 valence electrons. The van der Waals surface area contributed by atoms with E-state index in [0.717, 1.165) is 26.1 Å². The lowest BCUT2D eigenvalue weighted by Gasteiger charge is -2.37. The van der Waals surface area contributed by atoms with Crippen LogP contribution in [0.15, 0.2) is 0 Å². The number of nitrogens with one attached hydrogen (secondary N) is 1. The number of carbonyl (C=O) groups is 1. The molecule has 0 aromatic rings. The first kappa shape index (κ1) is 16.4. The molecule has 1 fully saturated rings. The van der Waals surface area contributed by atoms with Crippen LogP contribution in [0.5, 0.6) is 0 Å². The van der Waals surface area contributed by atoms with Gasteiger partial charge in [0.15, 0.2) is 0 Å². The van der Waals surface area contributed by atoms with Gasteiger partial charge in [-0.1, -0.05) is 20.8 Å². The average molecular weight is 270 g/mol. The van der Waals surface area contributed by atoms with Gasteiger partial charge in [-0.2, -0.15) is 0 Å². The Balaban J connectivity index is 2.35. The zero-order chi connectivity index (χ0) is 14.5. The lowest BCUT2D eigenvalue weighted by atomic mass is 9.82. The van der Waals surface area contributed by atoms with Gasteiger partial charge >= 0.3 is 5.97 Å². The summed E-state index contributed by atoms with van der Waals surface area (Å²) in [5.74, 6) is -0.725. The van der Waals surface area contributed by atoms with Crippen LogP contribution in [0.4, 0.5) is 0 Å². The van der Waals surface area contributed by atoms with E-state index in [1.54, 1.807) is 7.05 Å². The van der Waals surface area contributed by atoms with E-state index in [1.165, 1.54) is 12.8 Å². The van der Waals surface area contributed by atoms with Gasteiger partial charge in [-0.3, -0.25) is 4.79 Å². The average Bonchev–Trinajstić information content (AvgIpc) is 2.36. The summed E-state index contributed by atoms with van der Waals surface area (Å²) in [7, 11) is 1.75. The Hall–Kier alpha value is -0.610. The second-order valence-electron chi connectivity index (χ2n) is 6.60. The highest BCUT2D eigenvalue weighted by Crippen LogP contribution is 2.30. The molecule has 0 aliphatic carbocycles. The van der Waals surface area contributed by atoms with Crippen molar-refractivity contribution in [2.45, 2.75) is 58.4 Å². The van der Waals surface area contributed by atoms with Crippen LogP contribution in [0.1, 0.15) is 52.9 Å². The molecule has 0 aromatic carbocycles. The third kappa shape index (κ3) is 4.46. The predicted octanol–water partition coefficient (Wildman–Crippen LogP) is 2.34. The lowest BCUT2D eigenvalue weighted by Crippen LogP contribution is -2.50. The molecule has 1 atom stereocenters. The molecular weight excluding hydrogens is 240 g/mol. The highest BCUT2D eigenvalue weighted by Gasteiger charge is 2.34. The zero-order valence-electron chi connectivity index (χ0n) is 13.0. The van der Waals surface area contributed by atoms with Crippen LogP contribution in [0.2, 0.25) is 0 Å². The van der Waals surface area contributed by atoms with E-state index in [0.29, 0.717) is 18.3 Å². The third-order valence-electron chi connectivity index (χ3n) is 4.78. The molecule has 0 saturated carbocycles. The fraction of sp³-hybridized carbons (Fsp3) is 0.933. The van der Waals surface area contributed by atoms with Gasteiger partial charge in [0.05, 0.1) is 0 Å². The smallest absolute Gasteiger partial charge is 0.323 e. The van der Waals surface area contributed by atoms with Gasteiger partial charge in [0.2, 0.25) is 0 Å². The van der Waals surface area contributed by atoms with E-state index >= 15 is 0 Å². The normalized spacial score (nSPS) is 22.9. The van der Waals surface area contributed by atoms with Gasteiger partial charge in [0.25, 0.3) is 0 Å². The van der Waals surface area contributed by atoms with Crippen LogP contribution in [0.25, 0.3) is 0 Å². The number of likely N-dealkylation sites (N-methyl/N-ethyl adjacent to an activating group) is 1. The van der Waals surface area contributed by atoms with Gasteiger partial charge < -0.3 is 15.3 Å². The van der Waals surface area contributed by atoms with Crippen molar-refractivity contribution in [1.82, 2.24) is 10.2 Å². The second-order valence-corrected chi connectivity index (χ2v) is 6.60. The van der Waals surface area contributed by atoms with Crippen LogP contribution >= 0.6 is 0 Å². The van der Waals surface area contributed by atoms with Crippen molar-refractivity contribution in [1.29, 1.82) is 0 Å². The Morgan fingerprint density at radius 1 is 1.37 bits per heavy atom. The molecule has 1 unspecified atom stereocenters. The highest BCUT2D eigenvalue weighted by atomic mass is 16.4. The Morgan fingerprint density at radius 3 is 2.37 bits per heavy atom. The van der Waals surface area contributed by atoms with Crippen molar-refractivity contribution < 1.29 is 9.90 Å². The number of rotatable bonds is 7. The minimum atomic E-state index is -0.741. The highest BCUT2D eigenvalue weighted by molar-refractivity contribution is 5.78. The monoisotopic (exact) mass is 270 g/mol. The van der Waals surface area contributed by atoms with Crippen LogP contribution < -0.4 is 5.32 Å². The summed E-state index contributed by atoms with van der Waals surface area (Å²) in [5.41, 5.74) is -0.259. The molecule has 1 aliphatic rings. The Morgan fingerprint density at radius 2 is 1.95 bits per heavy atom. The number of nitrogens with zero attached hydrogens (tertiary/aromatic N) is 1. The molecule has 0 bridgehead atoms. The molecule has 0 spiro atoms. The van der Waals surface area contributed by atoms with Gasteiger partial charge in [-0.15, -0.1) is 0 Å². The van der Waals surface area contributed by atoms with Crippen LogP contribution in [0.3, 0.4) is 0 Å². The summed E-state index contributed by atoms with van der Waals surface area (Å²) in [6.07, 6.45) is 4.77. The largest absolute Gasteiger partial charge is 0.480 e. The van der Waals surface area contributed by atoms with Crippen molar-refractivity contribution in [2.75, 3.05) is 26.7 Å². The first-order chi connectivity index (χ1) is 8.85. The van der Waals surface area contributed by atoms with Crippen molar-refractivity contribution in [3.63, 3.8) is 0 Å². The molecule has 0 radical (unpaired) electrons.